The van der Waals surface area contributed by atoms with Crippen LogP contribution in [0.1, 0.15) is 19.0 Å². The largest absolute Gasteiger partial charge is 0.320 e. The lowest BCUT2D eigenvalue weighted by Gasteiger charge is -2.13. The normalized spacial score (nSPS) is 28.3. The Morgan fingerprint density at radius 3 is 2.81 bits per heavy atom. The minimum absolute atomic E-state index is 0.219. The average molecular weight is 277 g/mol. The number of fused-ring (bicyclic) bond motifs is 1. The summed E-state index contributed by atoms with van der Waals surface area (Å²) in [7, 11) is 0. The Hall–Kier alpha value is -0.930. The van der Waals surface area contributed by atoms with Gasteiger partial charge >= 0.3 is 0 Å². The first-order chi connectivity index (χ1) is 7.61. The SMILES string of the molecule is CC1CC1(N)c1nc2ccccc2cc1Br. The lowest BCUT2D eigenvalue weighted by atomic mass is 10.1. The van der Waals surface area contributed by atoms with Gasteiger partial charge in [-0.3, -0.25) is 0 Å². The second kappa shape index (κ2) is 3.28. The zero-order valence-corrected chi connectivity index (χ0v) is 10.7. The van der Waals surface area contributed by atoms with Crippen LogP contribution in [0.2, 0.25) is 0 Å². The number of benzene rings is 1. The highest BCUT2D eigenvalue weighted by molar-refractivity contribution is 9.10. The van der Waals surface area contributed by atoms with Gasteiger partial charge in [-0.25, -0.2) is 4.98 Å². The molecule has 0 saturated heterocycles. The number of nitrogens with zero attached hydrogens (tertiary/aromatic N) is 1. The van der Waals surface area contributed by atoms with Crippen LogP contribution in [0.4, 0.5) is 0 Å². The van der Waals surface area contributed by atoms with Gasteiger partial charge in [-0.05, 0) is 40.4 Å². The Kier molecular flexibility index (Phi) is 2.10. The molecular formula is C13H13BrN2. The van der Waals surface area contributed by atoms with Crippen molar-refractivity contribution >= 4 is 26.8 Å². The Bertz CT molecular complexity index is 567. The predicted molar refractivity (Wildman–Crippen MR) is 69.1 cm³/mol. The van der Waals surface area contributed by atoms with Crippen molar-refractivity contribution in [3.05, 3.63) is 40.5 Å². The first-order valence-corrected chi connectivity index (χ1v) is 6.25. The van der Waals surface area contributed by atoms with Crippen molar-refractivity contribution < 1.29 is 0 Å². The van der Waals surface area contributed by atoms with Crippen molar-refractivity contribution in [1.29, 1.82) is 0 Å². The highest BCUT2D eigenvalue weighted by Crippen LogP contribution is 2.50. The van der Waals surface area contributed by atoms with Gasteiger partial charge in [-0.2, -0.15) is 0 Å². The third-order valence-electron chi connectivity index (χ3n) is 3.48. The minimum atomic E-state index is -0.219. The molecule has 1 saturated carbocycles. The lowest BCUT2D eigenvalue weighted by Crippen LogP contribution is -2.23. The molecule has 2 nitrogen and oxygen atoms in total. The third-order valence-corrected chi connectivity index (χ3v) is 4.09. The van der Waals surface area contributed by atoms with Crippen LogP contribution in [-0.2, 0) is 5.54 Å². The molecule has 0 radical (unpaired) electrons. The molecule has 1 heterocycles. The number of aromatic nitrogens is 1. The van der Waals surface area contributed by atoms with Gasteiger partial charge in [0, 0.05) is 9.86 Å². The molecule has 2 atom stereocenters. The van der Waals surface area contributed by atoms with Crippen molar-refractivity contribution in [3.8, 4) is 0 Å². The molecule has 1 aromatic carbocycles. The van der Waals surface area contributed by atoms with Gasteiger partial charge in [0.2, 0.25) is 0 Å². The molecule has 3 rings (SSSR count). The quantitative estimate of drug-likeness (QED) is 0.869. The molecule has 1 fully saturated rings. The Balaban J connectivity index is 2.23. The molecule has 0 bridgehead atoms. The molecule has 2 N–H and O–H groups in total. The Morgan fingerprint density at radius 1 is 1.44 bits per heavy atom. The maximum Gasteiger partial charge on any atom is 0.0754 e. The standard InChI is InChI=1S/C13H13BrN2/c1-8-7-13(8,15)12-10(14)6-9-4-2-3-5-11(9)16-12/h2-6,8H,7,15H2,1H3. The summed E-state index contributed by atoms with van der Waals surface area (Å²) >= 11 is 3.58. The lowest BCUT2D eigenvalue weighted by molar-refractivity contribution is 0.641. The fourth-order valence-electron chi connectivity index (χ4n) is 2.19. The summed E-state index contributed by atoms with van der Waals surface area (Å²) in [4.78, 5) is 4.69. The molecule has 0 amide bonds. The van der Waals surface area contributed by atoms with Gasteiger partial charge in [0.05, 0.1) is 16.7 Å². The smallest absolute Gasteiger partial charge is 0.0754 e. The van der Waals surface area contributed by atoms with Crippen LogP contribution in [-0.4, -0.2) is 4.98 Å². The van der Waals surface area contributed by atoms with Crippen LogP contribution in [0.15, 0.2) is 34.8 Å². The van der Waals surface area contributed by atoms with Crippen molar-refractivity contribution in [2.75, 3.05) is 0 Å². The second-order valence-corrected chi connectivity index (χ2v) is 5.51. The van der Waals surface area contributed by atoms with E-state index >= 15 is 0 Å². The van der Waals surface area contributed by atoms with E-state index < -0.39 is 0 Å². The first kappa shape index (κ1) is 10.2. The number of hydrogen-bond donors (Lipinski definition) is 1. The molecule has 2 aromatic rings. The molecule has 0 spiro atoms. The van der Waals surface area contributed by atoms with E-state index in [1.165, 1.54) is 0 Å². The number of pyridine rings is 1. The van der Waals surface area contributed by atoms with Crippen molar-refractivity contribution in [1.82, 2.24) is 4.98 Å². The fourth-order valence-corrected chi connectivity index (χ4v) is 2.90. The highest BCUT2D eigenvalue weighted by atomic mass is 79.9. The van der Waals surface area contributed by atoms with Gasteiger partial charge in [0.25, 0.3) is 0 Å². The summed E-state index contributed by atoms with van der Waals surface area (Å²) in [6.45, 7) is 2.17. The predicted octanol–water partition coefficient (Wildman–Crippen LogP) is 3.19. The topological polar surface area (TPSA) is 38.9 Å². The molecular weight excluding hydrogens is 264 g/mol. The van der Waals surface area contributed by atoms with Gasteiger partial charge < -0.3 is 5.73 Å². The molecule has 3 heteroatoms. The molecule has 2 unspecified atom stereocenters. The van der Waals surface area contributed by atoms with Crippen LogP contribution in [0.5, 0.6) is 0 Å². The van der Waals surface area contributed by atoms with Crippen molar-refractivity contribution in [3.63, 3.8) is 0 Å². The fraction of sp³-hybridized carbons (Fsp3) is 0.308. The van der Waals surface area contributed by atoms with Crippen LogP contribution >= 0.6 is 15.9 Å². The van der Waals surface area contributed by atoms with E-state index in [0.717, 1.165) is 27.5 Å². The Morgan fingerprint density at radius 2 is 2.12 bits per heavy atom. The molecule has 1 aliphatic rings. The zero-order valence-electron chi connectivity index (χ0n) is 9.07. The molecule has 82 valence electrons. The monoisotopic (exact) mass is 276 g/mol. The number of para-hydroxylation sites is 1. The van der Waals surface area contributed by atoms with E-state index in [4.69, 9.17) is 5.73 Å². The van der Waals surface area contributed by atoms with Crippen LogP contribution in [0, 0.1) is 5.92 Å². The van der Waals surface area contributed by atoms with Crippen LogP contribution < -0.4 is 5.73 Å². The summed E-state index contributed by atoms with van der Waals surface area (Å²) in [6, 6.07) is 10.2. The number of rotatable bonds is 1. The van der Waals surface area contributed by atoms with Crippen LogP contribution in [0.25, 0.3) is 10.9 Å². The number of hydrogen-bond acceptors (Lipinski definition) is 2. The molecule has 16 heavy (non-hydrogen) atoms. The maximum atomic E-state index is 6.31. The van der Waals surface area contributed by atoms with Gasteiger partial charge in [-0.1, -0.05) is 25.1 Å². The van der Waals surface area contributed by atoms with E-state index in [2.05, 4.69) is 40.0 Å². The Labute approximate surface area is 103 Å². The van der Waals surface area contributed by atoms with E-state index in [9.17, 15) is 0 Å². The van der Waals surface area contributed by atoms with Gasteiger partial charge in [-0.15, -0.1) is 0 Å². The van der Waals surface area contributed by atoms with Crippen molar-refractivity contribution in [2.24, 2.45) is 11.7 Å². The van der Waals surface area contributed by atoms with E-state index in [0.29, 0.717) is 5.92 Å². The number of nitrogens with two attached hydrogens (primary N) is 1. The van der Waals surface area contributed by atoms with E-state index in [1.54, 1.807) is 0 Å². The number of halogens is 1. The van der Waals surface area contributed by atoms with Gasteiger partial charge in [0.1, 0.15) is 0 Å². The summed E-state index contributed by atoms with van der Waals surface area (Å²) in [6.07, 6.45) is 1.02. The average Bonchev–Trinajstić information content (AvgIpc) is 2.87. The zero-order chi connectivity index (χ0) is 11.3. The third kappa shape index (κ3) is 1.39. The summed E-state index contributed by atoms with van der Waals surface area (Å²) < 4.78 is 1.03. The molecule has 1 aromatic heterocycles. The minimum Gasteiger partial charge on any atom is -0.320 e. The van der Waals surface area contributed by atoms with Crippen LogP contribution in [0.3, 0.4) is 0 Å². The maximum absolute atomic E-state index is 6.31. The summed E-state index contributed by atoms with van der Waals surface area (Å²) in [5.74, 6) is 0.525. The molecule has 0 aliphatic heterocycles. The summed E-state index contributed by atoms with van der Waals surface area (Å²) in [5, 5.41) is 1.15. The molecule has 1 aliphatic carbocycles. The van der Waals surface area contributed by atoms with Gasteiger partial charge in [0.15, 0.2) is 0 Å². The van der Waals surface area contributed by atoms with E-state index in [1.807, 2.05) is 18.2 Å². The first-order valence-electron chi connectivity index (χ1n) is 5.46. The van der Waals surface area contributed by atoms with E-state index in [-0.39, 0.29) is 5.54 Å². The second-order valence-electron chi connectivity index (χ2n) is 4.66. The van der Waals surface area contributed by atoms with Crippen molar-refractivity contribution in [2.45, 2.75) is 18.9 Å². The summed E-state index contributed by atoms with van der Waals surface area (Å²) in [5.41, 5.74) is 8.11. The highest BCUT2D eigenvalue weighted by Gasteiger charge is 2.51.